The molecule has 2 aromatic rings. The van der Waals surface area contributed by atoms with E-state index >= 15 is 0 Å². The van der Waals surface area contributed by atoms with E-state index in [1.807, 2.05) is 70.3 Å². The number of hydrogen-bond acceptors (Lipinski definition) is 5. The largest absolute Gasteiger partial charge is 0.497 e. The van der Waals surface area contributed by atoms with E-state index < -0.39 is 17.2 Å². The third-order valence-corrected chi connectivity index (χ3v) is 7.30. The second-order valence-corrected chi connectivity index (χ2v) is 10.8. The Morgan fingerprint density at radius 2 is 2.00 bits per heavy atom. The summed E-state index contributed by atoms with van der Waals surface area (Å²) in [5.41, 5.74) is 1.66. The van der Waals surface area contributed by atoms with Crippen molar-refractivity contribution in [1.82, 2.24) is 9.47 Å². The van der Waals surface area contributed by atoms with Gasteiger partial charge in [-0.2, -0.15) is 0 Å². The maximum atomic E-state index is 14.0. The van der Waals surface area contributed by atoms with Crippen molar-refractivity contribution >= 4 is 24.5 Å². The van der Waals surface area contributed by atoms with E-state index in [1.165, 1.54) is 0 Å². The Kier molecular flexibility index (Phi) is 7.28. The van der Waals surface area contributed by atoms with Crippen molar-refractivity contribution < 1.29 is 19.1 Å². The van der Waals surface area contributed by atoms with Crippen LogP contribution < -0.4 is 15.3 Å². The van der Waals surface area contributed by atoms with E-state index in [0.717, 1.165) is 66.3 Å². The topological polar surface area (TPSA) is 60.8 Å². The average molecular weight is 491 g/mol. The molecule has 2 heterocycles. The van der Waals surface area contributed by atoms with Crippen LogP contribution in [0.5, 0.6) is 5.75 Å². The van der Waals surface area contributed by atoms with Crippen LogP contribution >= 0.6 is 0 Å². The summed E-state index contributed by atoms with van der Waals surface area (Å²) in [5, 5.41) is 1.49. The van der Waals surface area contributed by atoms with Gasteiger partial charge < -0.3 is 9.47 Å². The van der Waals surface area contributed by atoms with Gasteiger partial charge in [-0.25, -0.2) is 4.79 Å². The summed E-state index contributed by atoms with van der Waals surface area (Å²) < 4.78 is 12.6. The highest BCUT2D eigenvalue weighted by Gasteiger charge is 2.48. The van der Waals surface area contributed by atoms with E-state index in [-0.39, 0.29) is 5.78 Å². The first kappa shape index (κ1) is 26.0. The second kappa shape index (κ2) is 10.1. The van der Waals surface area contributed by atoms with Crippen LogP contribution in [0.15, 0.2) is 36.5 Å². The van der Waals surface area contributed by atoms with Crippen molar-refractivity contribution in [1.29, 1.82) is 0 Å². The summed E-state index contributed by atoms with van der Waals surface area (Å²) in [6.45, 7) is 13.2. The number of piperidine rings is 1. The summed E-state index contributed by atoms with van der Waals surface area (Å²) in [5.74, 6) is 0.983. The monoisotopic (exact) mass is 490 g/mol. The Labute approximate surface area is 213 Å². The number of benzene rings is 1. The lowest BCUT2D eigenvalue weighted by molar-refractivity contribution is 0.0250. The molecule has 1 aromatic carbocycles. The standard InChI is InChI=1S/C30H38N2O4/c1-7-8-11-26-21(2)23(20-32(26)28(34)36-29(3,4)5)19-31-17-10-9-15-30(31)16-14-22-18-24(35-6)12-13-25(22)27(30)33/h7-8,11-13,18,20H,2,9-10,14-17,19H2,1,3-6H3/b8-7-,26-11+. The van der Waals surface area contributed by atoms with Gasteiger partial charge in [0.2, 0.25) is 0 Å². The number of hydrogen-bond donors (Lipinski definition) is 0. The summed E-state index contributed by atoms with van der Waals surface area (Å²) in [6, 6.07) is 5.78. The number of carbonyl (C=O) groups excluding carboxylic acids is 2. The van der Waals surface area contributed by atoms with Crippen LogP contribution in [0.1, 0.15) is 74.9 Å². The Morgan fingerprint density at radius 1 is 1.22 bits per heavy atom. The number of rotatable bonds is 4. The van der Waals surface area contributed by atoms with Crippen LogP contribution in [0.4, 0.5) is 4.79 Å². The zero-order chi connectivity index (χ0) is 26.1. The molecule has 1 atom stereocenters. The van der Waals surface area contributed by atoms with Gasteiger partial charge in [0.25, 0.3) is 0 Å². The minimum absolute atomic E-state index is 0.198. The van der Waals surface area contributed by atoms with E-state index in [2.05, 4.69) is 11.5 Å². The number of carbonyl (C=O) groups is 2. The fraction of sp³-hybridized carbons (Fsp3) is 0.467. The van der Waals surface area contributed by atoms with Crippen molar-refractivity contribution in [3.63, 3.8) is 0 Å². The predicted molar refractivity (Wildman–Crippen MR) is 143 cm³/mol. The molecule has 1 unspecified atom stereocenters. The van der Waals surface area contributed by atoms with Gasteiger partial charge in [-0.1, -0.05) is 18.7 Å². The molecule has 1 aliphatic heterocycles. The molecular formula is C30H38N2O4. The van der Waals surface area contributed by atoms with Crippen LogP contribution in [0.3, 0.4) is 0 Å². The number of ketones is 1. The highest BCUT2D eigenvalue weighted by Crippen LogP contribution is 2.41. The highest BCUT2D eigenvalue weighted by molar-refractivity contribution is 6.05. The molecule has 1 aliphatic carbocycles. The lowest BCUT2D eigenvalue weighted by atomic mass is 9.71. The number of ether oxygens (including phenoxy) is 2. The van der Waals surface area contributed by atoms with Crippen LogP contribution in [0.25, 0.3) is 12.7 Å². The molecule has 0 saturated carbocycles. The Morgan fingerprint density at radius 3 is 2.69 bits per heavy atom. The van der Waals surface area contributed by atoms with Crippen LogP contribution in [0.2, 0.25) is 0 Å². The zero-order valence-electron chi connectivity index (χ0n) is 22.2. The van der Waals surface area contributed by atoms with Crippen molar-refractivity contribution in [3.05, 3.63) is 63.8 Å². The molecule has 6 heteroatoms. The third-order valence-electron chi connectivity index (χ3n) is 7.30. The van der Waals surface area contributed by atoms with Crippen LogP contribution in [0, 0.1) is 0 Å². The second-order valence-electron chi connectivity index (χ2n) is 10.8. The number of likely N-dealkylation sites (tertiary alicyclic amines) is 1. The number of aromatic nitrogens is 1. The zero-order valence-corrected chi connectivity index (χ0v) is 22.2. The molecule has 0 N–H and O–H groups in total. The van der Waals surface area contributed by atoms with Crippen molar-refractivity contribution in [3.8, 4) is 5.75 Å². The van der Waals surface area contributed by atoms with Gasteiger partial charge in [0.05, 0.1) is 18.0 Å². The maximum absolute atomic E-state index is 14.0. The Balaban J connectivity index is 1.71. The van der Waals surface area contributed by atoms with Crippen molar-refractivity contribution in [2.24, 2.45) is 0 Å². The normalized spacial score (nSPS) is 21.2. The minimum atomic E-state index is -0.609. The first-order chi connectivity index (χ1) is 17.1. The summed E-state index contributed by atoms with van der Waals surface area (Å²) in [4.78, 5) is 29.3. The molecule has 1 aromatic heterocycles. The first-order valence-electron chi connectivity index (χ1n) is 12.8. The lowest BCUT2D eigenvalue weighted by Crippen LogP contribution is -2.58. The van der Waals surface area contributed by atoms with Gasteiger partial charge in [0, 0.05) is 18.3 Å². The summed E-state index contributed by atoms with van der Waals surface area (Å²) >= 11 is 0. The third kappa shape index (κ3) is 4.92. The molecule has 4 rings (SSSR count). The van der Waals surface area contributed by atoms with Gasteiger partial charge in [-0.3, -0.25) is 14.3 Å². The molecule has 0 bridgehead atoms. The molecule has 36 heavy (non-hydrogen) atoms. The summed E-state index contributed by atoms with van der Waals surface area (Å²) in [7, 11) is 1.65. The van der Waals surface area contributed by atoms with E-state index in [4.69, 9.17) is 9.47 Å². The number of nitrogens with zero attached hydrogens (tertiary/aromatic N) is 2. The molecule has 0 amide bonds. The Bertz CT molecular complexity index is 1300. The lowest BCUT2D eigenvalue weighted by Gasteiger charge is -2.48. The van der Waals surface area contributed by atoms with Gasteiger partial charge in [-0.15, -0.1) is 0 Å². The molecular weight excluding hydrogens is 452 g/mol. The van der Waals surface area contributed by atoms with Crippen LogP contribution in [-0.2, 0) is 17.7 Å². The van der Waals surface area contributed by atoms with E-state index in [1.54, 1.807) is 11.7 Å². The van der Waals surface area contributed by atoms with E-state index in [9.17, 15) is 9.59 Å². The number of Topliss-reactive ketones (excluding diaryl/α,β-unsaturated/α-hetero) is 1. The van der Waals surface area contributed by atoms with Crippen molar-refractivity contribution in [2.75, 3.05) is 13.7 Å². The first-order valence-corrected chi connectivity index (χ1v) is 12.8. The highest BCUT2D eigenvalue weighted by atomic mass is 16.6. The SMILES string of the molecule is C=c1c(CN2CCCCC23CCc2cc(OC)ccc2C3=O)cn(C(=O)OC(C)(C)C)/c1=C/C=C\C. The fourth-order valence-electron chi connectivity index (χ4n) is 5.48. The maximum Gasteiger partial charge on any atom is 0.419 e. The predicted octanol–water partition coefficient (Wildman–Crippen LogP) is 4.60. The number of allylic oxidation sites excluding steroid dienone is 2. The summed E-state index contributed by atoms with van der Waals surface area (Å²) in [6.07, 6.45) is 11.6. The molecule has 6 nitrogen and oxygen atoms in total. The molecule has 1 saturated heterocycles. The number of methoxy groups -OCH3 is 1. The van der Waals surface area contributed by atoms with Gasteiger partial charge >= 0.3 is 6.09 Å². The van der Waals surface area contributed by atoms with Crippen LogP contribution in [-0.4, -0.2) is 46.1 Å². The number of fused-ring (bicyclic) bond motifs is 1. The van der Waals surface area contributed by atoms with Gasteiger partial charge in [-0.05, 0) is 107 Å². The quantitative estimate of drug-likeness (QED) is 0.627. The van der Waals surface area contributed by atoms with Gasteiger partial charge in [0.15, 0.2) is 5.78 Å². The smallest absolute Gasteiger partial charge is 0.419 e. The van der Waals surface area contributed by atoms with E-state index in [0.29, 0.717) is 11.9 Å². The minimum Gasteiger partial charge on any atom is -0.497 e. The van der Waals surface area contributed by atoms with Gasteiger partial charge in [0.1, 0.15) is 11.4 Å². The molecule has 2 aliphatic rings. The molecule has 192 valence electrons. The fourth-order valence-corrected chi connectivity index (χ4v) is 5.48. The van der Waals surface area contributed by atoms with Crippen molar-refractivity contribution in [2.45, 2.75) is 77.5 Å². The average Bonchev–Trinajstić information content (AvgIpc) is 3.15. The number of aryl methyl sites for hydroxylation is 1. The molecule has 1 fully saturated rings. The Hall–Kier alpha value is -3.12. The molecule has 0 radical (unpaired) electrons. The molecule has 1 spiro atoms.